The van der Waals surface area contributed by atoms with Crippen molar-refractivity contribution in [2.24, 2.45) is 0 Å². The van der Waals surface area contributed by atoms with E-state index >= 15 is 0 Å². The Balaban J connectivity index is 1.40. The molecule has 4 nitrogen and oxygen atoms in total. The molecule has 2 amide bonds. The van der Waals surface area contributed by atoms with Gasteiger partial charge in [0.1, 0.15) is 5.82 Å². The first-order chi connectivity index (χ1) is 18.5. The number of thioether (sulfide) groups is 1. The lowest BCUT2D eigenvalue weighted by Gasteiger charge is -2.31. The van der Waals surface area contributed by atoms with Crippen molar-refractivity contribution in [2.45, 2.75) is 24.8 Å². The first-order valence-electron chi connectivity index (χ1n) is 12.4. The highest BCUT2D eigenvalue weighted by Gasteiger charge is 2.30. The van der Waals surface area contributed by atoms with Gasteiger partial charge in [0.25, 0.3) is 11.8 Å². The van der Waals surface area contributed by atoms with Crippen LogP contribution in [0.3, 0.4) is 0 Å². The minimum Gasteiger partial charge on any atom is -0.352 e. The number of aryl methyl sites for hydroxylation is 1. The Morgan fingerprint density at radius 2 is 1.63 bits per heavy atom. The number of halogens is 1. The first-order valence-corrected chi connectivity index (χ1v) is 13.3. The summed E-state index contributed by atoms with van der Waals surface area (Å²) in [6.07, 6.45) is 2.61. The Labute approximate surface area is 226 Å². The molecule has 5 rings (SSSR count). The molecule has 1 N–H and O–H groups in total. The monoisotopic (exact) mass is 522 g/mol. The van der Waals surface area contributed by atoms with E-state index in [9.17, 15) is 14.0 Å². The molecule has 0 atom stereocenters. The average molecular weight is 523 g/mol. The average Bonchev–Trinajstić information content (AvgIpc) is 2.93. The fourth-order valence-electron chi connectivity index (χ4n) is 4.26. The molecular formula is C32H27FN2O2S. The number of hydrogen-bond acceptors (Lipinski definition) is 3. The van der Waals surface area contributed by atoms with Crippen LogP contribution in [0.2, 0.25) is 0 Å². The van der Waals surface area contributed by atoms with E-state index in [1.807, 2.05) is 49.4 Å². The zero-order valence-corrected chi connectivity index (χ0v) is 21.8. The number of amides is 2. The summed E-state index contributed by atoms with van der Waals surface area (Å²) in [5, 5.41) is 2.99. The number of nitrogens with zero attached hydrogens (tertiary/aromatic N) is 1. The van der Waals surface area contributed by atoms with Gasteiger partial charge in [0, 0.05) is 17.0 Å². The first kappa shape index (κ1) is 25.5. The molecule has 1 aliphatic rings. The van der Waals surface area contributed by atoms with Crippen LogP contribution in [-0.2, 0) is 17.8 Å². The fraction of sp³-hybridized carbons (Fsp3) is 0.125. The zero-order valence-electron chi connectivity index (χ0n) is 21.0. The van der Waals surface area contributed by atoms with E-state index in [2.05, 4.69) is 29.6 Å². The summed E-state index contributed by atoms with van der Waals surface area (Å²) in [5.41, 5.74) is 5.24. The summed E-state index contributed by atoms with van der Waals surface area (Å²) in [7, 11) is 0. The molecule has 0 spiro atoms. The van der Waals surface area contributed by atoms with E-state index in [-0.39, 0.29) is 24.2 Å². The third-order valence-corrected chi connectivity index (χ3v) is 7.44. The minimum absolute atomic E-state index is 0.160. The summed E-state index contributed by atoms with van der Waals surface area (Å²) >= 11 is 1.39. The summed E-state index contributed by atoms with van der Waals surface area (Å²) in [6.45, 7) is 2.82. The second-order valence-corrected chi connectivity index (χ2v) is 10.3. The molecule has 0 saturated heterocycles. The van der Waals surface area contributed by atoms with Gasteiger partial charge in [0.05, 0.1) is 17.1 Å². The maximum absolute atomic E-state index is 13.7. The normalized spacial score (nSPS) is 13.9. The summed E-state index contributed by atoms with van der Waals surface area (Å²) in [5.74, 6) is -0.679. The van der Waals surface area contributed by atoms with Crippen LogP contribution in [0, 0.1) is 12.7 Å². The van der Waals surface area contributed by atoms with Gasteiger partial charge < -0.3 is 10.2 Å². The van der Waals surface area contributed by atoms with E-state index in [4.69, 9.17) is 0 Å². The van der Waals surface area contributed by atoms with Gasteiger partial charge in [-0.25, -0.2) is 4.39 Å². The number of carbonyl (C=O) groups excluding carboxylic acids is 2. The summed E-state index contributed by atoms with van der Waals surface area (Å²) in [4.78, 5) is 29.8. The number of nitrogens with one attached hydrogen (secondary N) is 1. The van der Waals surface area contributed by atoms with Gasteiger partial charge in [0.2, 0.25) is 0 Å². The van der Waals surface area contributed by atoms with E-state index in [0.29, 0.717) is 22.7 Å². The van der Waals surface area contributed by atoms with Gasteiger partial charge in [-0.2, -0.15) is 0 Å². The zero-order chi connectivity index (χ0) is 26.5. The predicted molar refractivity (Wildman–Crippen MR) is 152 cm³/mol. The molecule has 38 heavy (non-hydrogen) atoms. The largest absolute Gasteiger partial charge is 0.352 e. The Morgan fingerprint density at radius 3 is 2.37 bits per heavy atom. The highest BCUT2D eigenvalue weighted by Crippen LogP contribution is 2.43. The summed E-state index contributed by atoms with van der Waals surface area (Å²) < 4.78 is 13.5. The highest BCUT2D eigenvalue weighted by atomic mass is 32.2. The van der Waals surface area contributed by atoms with Crippen LogP contribution in [0.5, 0.6) is 0 Å². The molecule has 0 bridgehead atoms. The number of benzene rings is 4. The topological polar surface area (TPSA) is 49.4 Å². The Hall–Kier alpha value is -4.16. The third kappa shape index (κ3) is 6.03. The predicted octanol–water partition coefficient (Wildman–Crippen LogP) is 6.79. The molecule has 0 fully saturated rings. The molecule has 4 aromatic carbocycles. The molecule has 0 unspecified atom stereocenters. The lowest BCUT2D eigenvalue weighted by molar-refractivity contribution is -0.114. The highest BCUT2D eigenvalue weighted by molar-refractivity contribution is 8.04. The second-order valence-electron chi connectivity index (χ2n) is 9.21. The van der Waals surface area contributed by atoms with Gasteiger partial charge in [-0.05, 0) is 66.4 Å². The number of rotatable bonds is 7. The maximum Gasteiger partial charge on any atom is 0.265 e. The van der Waals surface area contributed by atoms with Crippen molar-refractivity contribution in [2.75, 3.05) is 11.4 Å². The van der Waals surface area contributed by atoms with Crippen molar-refractivity contribution >= 4 is 35.3 Å². The Morgan fingerprint density at radius 1 is 0.921 bits per heavy atom. The van der Waals surface area contributed by atoms with Crippen LogP contribution in [0.1, 0.15) is 32.6 Å². The molecule has 0 aromatic heterocycles. The van der Waals surface area contributed by atoms with Crippen molar-refractivity contribution in [3.05, 3.63) is 136 Å². The molecule has 1 heterocycles. The van der Waals surface area contributed by atoms with E-state index in [1.54, 1.807) is 29.2 Å². The molecule has 0 radical (unpaired) electrons. The van der Waals surface area contributed by atoms with Crippen LogP contribution in [0.25, 0.3) is 6.08 Å². The van der Waals surface area contributed by atoms with Crippen molar-refractivity contribution in [1.82, 2.24) is 5.32 Å². The van der Waals surface area contributed by atoms with Gasteiger partial charge >= 0.3 is 0 Å². The van der Waals surface area contributed by atoms with Crippen LogP contribution in [0.4, 0.5) is 10.1 Å². The molecular weight excluding hydrogens is 495 g/mol. The number of carbonyl (C=O) groups is 2. The quantitative estimate of drug-likeness (QED) is 0.272. The van der Waals surface area contributed by atoms with Crippen LogP contribution < -0.4 is 10.2 Å². The lowest BCUT2D eigenvalue weighted by Crippen LogP contribution is -2.34. The minimum atomic E-state index is -0.330. The number of anilines is 1. The molecule has 0 saturated carbocycles. The van der Waals surface area contributed by atoms with E-state index in [0.717, 1.165) is 28.0 Å². The fourth-order valence-corrected chi connectivity index (χ4v) is 5.30. The number of hydrogen-bond donors (Lipinski definition) is 1. The SMILES string of the molecule is Cc1ccc(CCNC(=O)c2ccc3c(c2)N(Cc2ccc(F)cc2)C(=O)/C(=C/c2ccccc2)S3)cc1. The van der Waals surface area contributed by atoms with Crippen LogP contribution in [-0.4, -0.2) is 18.4 Å². The molecule has 4 aromatic rings. The molecule has 6 heteroatoms. The van der Waals surface area contributed by atoms with Gasteiger partial charge in [-0.1, -0.05) is 84.1 Å². The van der Waals surface area contributed by atoms with E-state index < -0.39 is 0 Å². The van der Waals surface area contributed by atoms with Crippen molar-refractivity contribution in [3.63, 3.8) is 0 Å². The molecule has 0 aliphatic carbocycles. The van der Waals surface area contributed by atoms with Crippen molar-refractivity contribution in [3.8, 4) is 0 Å². The maximum atomic E-state index is 13.7. The van der Waals surface area contributed by atoms with Crippen molar-refractivity contribution < 1.29 is 14.0 Å². The van der Waals surface area contributed by atoms with Gasteiger partial charge in [0.15, 0.2) is 0 Å². The molecule has 190 valence electrons. The van der Waals surface area contributed by atoms with Crippen molar-refractivity contribution in [1.29, 1.82) is 0 Å². The third-order valence-electron chi connectivity index (χ3n) is 6.36. The second kappa shape index (κ2) is 11.5. The van der Waals surface area contributed by atoms with Gasteiger partial charge in [-0.15, -0.1) is 0 Å². The Kier molecular flexibility index (Phi) is 7.70. The smallest absolute Gasteiger partial charge is 0.265 e. The van der Waals surface area contributed by atoms with Gasteiger partial charge in [-0.3, -0.25) is 9.59 Å². The lowest BCUT2D eigenvalue weighted by atomic mass is 10.1. The Bertz CT molecular complexity index is 1480. The van der Waals surface area contributed by atoms with E-state index in [1.165, 1.54) is 29.5 Å². The van der Waals surface area contributed by atoms with Crippen LogP contribution >= 0.6 is 11.8 Å². The molecule has 1 aliphatic heterocycles. The summed E-state index contributed by atoms with van der Waals surface area (Å²) in [6, 6.07) is 29.5. The number of fused-ring (bicyclic) bond motifs is 1. The standard InChI is InChI=1S/C32H27FN2O2S/c1-22-7-9-23(10-8-22)17-18-34-31(36)26-13-16-29-28(20-26)35(21-25-11-14-27(33)15-12-25)32(37)30(38-29)19-24-5-3-2-4-6-24/h2-16,19-20H,17-18,21H2,1H3,(H,34,36)/b30-19-. The van der Waals surface area contributed by atoms with Crippen LogP contribution in [0.15, 0.2) is 107 Å².